The molecule has 0 unspecified atom stereocenters. The van der Waals surface area contributed by atoms with E-state index in [-0.39, 0.29) is 6.04 Å². The average Bonchev–Trinajstić information content (AvgIpc) is 3.34. The summed E-state index contributed by atoms with van der Waals surface area (Å²) < 4.78 is 31.4. The first kappa shape index (κ1) is 18.1. The van der Waals surface area contributed by atoms with Gasteiger partial charge in [-0.25, -0.2) is 22.4 Å². The van der Waals surface area contributed by atoms with Crippen molar-refractivity contribution < 1.29 is 13.2 Å². The van der Waals surface area contributed by atoms with E-state index in [2.05, 4.69) is 26.8 Å². The van der Waals surface area contributed by atoms with Gasteiger partial charge in [-0.2, -0.15) is 0 Å². The lowest BCUT2D eigenvalue weighted by Crippen LogP contribution is -2.44. The molecule has 1 N–H and O–H groups in total. The lowest BCUT2D eigenvalue weighted by atomic mass is 10.1. The number of nitrogens with zero attached hydrogens (tertiary/aromatic N) is 5. The number of imidazole rings is 1. The molecule has 0 amide bonds. The van der Waals surface area contributed by atoms with E-state index in [0.29, 0.717) is 42.3 Å². The van der Waals surface area contributed by atoms with Crippen LogP contribution < -0.4 is 4.90 Å². The molecule has 29 heavy (non-hydrogen) atoms. The lowest BCUT2D eigenvalue weighted by Gasteiger charge is -2.34. The van der Waals surface area contributed by atoms with Crippen molar-refractivity contribution in [3.63, 3.8) is 0 Å². The molecule has 0 spiro atoms. The number of aromatic amines is 1. The van der Waals surface area contributed by atoms with Crippen molar-refractivity contribution in [2.24, 2.45) is 0 Å². The van der Waals surface area contributed by atoms with Gasteiger partial charge in [-0.1, -0.05) is 0 Å². The SMILES string of the molecule is C[C@@H]1COCCN1c1nc(-c2cncc3[nH]ccc23)cc2c1ncn2S(C)(=O)=O. The van der Waals surface area contributed by atoms with Crippen molar-refractivity contribution in [2.45, 2.75) is 13.0 Å². The van der Waals surface area contributed by atoms with Crippen molar-refractivity contribution in [3.05, 3.63) is 37.1 Å². The Balaban J connectivity index is 1.82. The number of fused-ring (bicyclic) bond motifs is 2. The van der Waals surface area contributed by atoms with Crippen molar-refractivity contribution in [1.82, 2.24) is 23.9 Å². The van der Waals surface area contributed by atoms with Crippen molar-refractivity contribution in [1.29, 1.82) is 0 Å². The number of aromatic nitrogens is 5. The number of H-pyrrole nitrogens is 1. The van der Waals surface area contributed by atoms with E-state index in [1.807, 2.05) is 12.3 Å². The largest absolute Gasteiger partial charge is 0.377 e. The molecule has 5 heterocycles. The highest BCUT2D eigenvalue weighted by Gasteiger charge is 2.26. The van der Waals surface area contributed by atoms with Gasteiger partial charge in [-0.3, -0.25) is 4.98 Å². The highest BCUT2D eigenvalue weighted by molar-refractivity contribution is 7.89. The van der Waals surface area contributed by atoms with Gasteiger partial charge in [-0.15, -0.1) is 0 Å². The predicted molar refractivity (Wildman–Crippen MR) is 110 cm³/mol. The second-order valence-corrected chi connectivity index (χ2v) is 9.10. The number of anilines is 1. The molecule has 1 fully saturated rings. The van der Waals surface area contributed by atoms with Crippen LogP contribution in [-0.4, -0.2) is 64.4 Å². The molecule has 150 valence electrons. The quantitative estimate of drug-likeness (QED) is 0.549. The highest BCUT2D eigenvalue weighted by Crippen LogP contribution is 2.33. The Labute approximate surface area is 167 Å². The van der Waals surface area contributed by atoms with E-state index >= 15 is 0 Å². The summed E-state index contributed by atoms with van der Waals surface area (Å²) in [5.74, 6) is 0.656. The van der Waals surface area contributed by atoms with E-state index < -0.39 is 10.0 Å². The van der Waals surface area contributed by atoms with Gasteiger partial charge >= 0.3 is 0 Å². The maximum atomic E-state index is 12.3. The summed E-state index contributed by atoms with van der Waals surface area (Å²) in [7, 11) is -3.52. The molecule has 0 radical (unpaired) electrons. The zero-order valence-corrected chi connectivity index (χ0v) is 16.8. The Hall–Kier alpha value is -2.98. The number of hydrogen-bond donors (Lipinski definition) is 1. The maximum absolute atomic E-state index is 12.3. The van der Waals surface area contributed by atoms with Crippen molar-refractivity contribution in [3.8, 4) is 11.3 Å². The Morgan fingerprint density at radius 1 is 1.31 bits per heavy atom. The number of rotatable bonds is 3. The number of nitrogens with one attached hydrogen (secondary N) is 1. The van der Waals surface area contributed by atoms with E-state index in [1.165, 1.54) is 16.6 Å². The summed E-state index contributed by atoms with van der Waals surface area (Å²) >= 11 is 0. The first-order valence-corrected chi connectivity index (χ1v) is 11.1. The molecule has 0 aromatic carbocycles. The fraction of sp³-hybridized carbons (Fsp3) is 0.316. The second kappa shape index (κ2) is 6.53. The van der Waals surface area contributed by atoms with E-state index in [9.17, 15) is 8.42 Å². The van der Waals surface area contributed by atoms with Crippen LogP contribution in [0.2, 0.25) is 0 Å². The number of morpholine rings is 1. The summed E-state index contributed by atoms with van der Waals surface area (Å²) in [6.45, 7) is 3.88. The number of pyridine rings is 2. The molecule has 5 rings (SSSR count). The van der Waals surface area contributed by atoms with Gasteiger partial charge in [0.05, 0.1) is 48.4 Å². The summed E-state index contributed by atoms with van der Waals surface area (Å²) in [5, 5.41) is 0.971. The van der Waals surface area contributed by atoms with Gasteiger partial charge in [-0.05, 0) is 19.1 Å². The van der Waals surface area contributed by atoms with Gasteiger partial charge < -0.3 is 14.6 Å². The van der Waals surface area contributed by atoms with Crippen LogP contribution in [0.15, 0.2) is 37.1 Å². The molecule has 0 bridgehead atoms. The average molecular weight is 412 g/mol. The van der Waals surface area contributed by atoms with Gasteiger partial charge in [0, 0.05) is 29.9 Å². The van der Waals surface area contributed by atoms with E-state index in [0.717, 1.165) is 16.5 Å². The summed E-state index contributed by atoms with van der Waals surface area (Å²) in [4.78, 5) is 18.9. The maximum Gasteiger partial charge on any atom is 0.237 e. The Morgan fingerprint density at radius 2 is 2.17 bits per heavy atom. The van der Waals surface area contributed by atoms with Gasteiger partial charge in [0.2, 0.25) is 10.0 Å². The Kier molecular flexibility index (Phi) is 4.07. The third-order valence-electron chi connectivity index (χ3n) is 5.23. The molecule has 9 nitrogen and oxygen atoms in total. The second-order valence-electron chi connectivity index (χ2n) is 7.25. The molecule has 1 saturated heterocycles. The van der Waals surface area contributed by atoms with Crippen LogP contribution in [0.1, 0.15) is 6.92 Å². The third-order valence-corrected chi connectivity index (χ3v) is 6.24. The first-order chi connectivity index (χ1) is 13.9. The van der Waals surface area contributed by atoms with Crippen molar-refractivity contribution in [2.75, 3.05) is 30.9 Å². The summed E-state index contributed by atoms with van der Waals surface area (Å²) in [5.41, 5.74) is 3.42. The predicted octanol–water partition coefficient (Wildman–Crippen LogP) is 2.01. The van der Waals surface area contributed by atoms with Gasteiger partial charge in [0.15, 0.2) is 5.82 Å². The van der Waals surface area contributed by atoms with Crippen LogP contribution in [0.25, 0.3) is 33.2 Å². The summed E-state index contributed by atoms with van der Waals surface area (Å²) in [6, 6.07) is 3.82. The van der Waals surface area contributed by atoms with Crippen LogP contribution in [0, 0.1) is 0 Å². The smallest absolute Gasteiger partial charge is 0.237 e. The zero-order valence-electron chi connectivity index (χ0n) is 16.0. The summed E-state index contributed by atoms with van der Waals surface area (Å²) in [6.07, 6.45) is 7.86. The molecule has 10 heteroatoms. The number of ether oxygens (including phenoxy) is 1. The first-order valence-electron chi connectivity index (χ1n) is 9.28. The van der Waals surface area contributed by atoms with E-state index in [4.69, 9.17) is 9.72 Å². The minimum absolute atomic E-state index is 0.0965. The van der Waals surface area contributed by atoms with Crippen LogP contribution in [0.5, 0.6) is 0 Å². The molecule has 1 aliphatic heterocycles. The molecule has 4 aromatic rings. The van der Waals surface area contributed by atoms with E-state index in [1.54, 1.807) is 18.5 Å². The van der Waals surface area contributed by atoms with Gasteiger partial charge in [0.25, 0.3) is 0 Å². The zero-order chi connectivity index (χ0) is 20.2. The third kappa shape index (κ3) is 2.95. The van der Waals surface area contributed by atoms with Gasteiger partial charge in [0.1, 0.15) is 11.8 Å². The van der Waals surface area contributed by atoms with Crippen LogP contribution in [0.3, 0.4) is 0 Å². The van der Waals surface area contributed by atoms with Crippen LogP contribution >= 0.6 is 0 Å². The monoisotopic (exact) mass is 412 g/mol. The minimum atomic E-state index is -3.52. The molecular formula is C19H20N6O3S. The van der Waals surface area contributed by atoms with Crippen LogP contribution in [0.4, 0.5) is 5.82 Å². The molecule has 4 aromatic heterocycles. The topological polar surface area (TPSA) is 106 Å². The highest BCUT2D eigenvalue weighted by atomic mass is 32.2. The molecule has 1 aliphatic rings. The van der Waals surface area contributed by atoms with Crippen LogP contribution in [-0.2, 0) is 14.8 Å². The fourth-order valence-corrected chi connectivity index (χ4v) is 4.52. The van der Waals surface area contributed by atoms with Crippen molar-refractivity contribution >= 4 is 37.8 Å². The molecule has 0 saturated carbocycles. The minimum Gasteiger partial charge on any atom is -0.377 e. The molecule has 0 aliphatic carbocycles. The normalized spacial score (nSPS) is 18.0. The lowest BCUT2D eigenvalue weighted by molar-refractivity contribution is 0.0987. The molecule has 1 atom stereocenters. The fourth-order valence-electron chi connectivity index (χ4n) is 3.80. The standard InChI is InChI=1S/C19H20N6O3S/c1-12-10-28-6-5-24(12)19-18-17(25(11-22-18)29(2,26)27)7-15(23-19)14-8-20-9-16-13(14)3-4-21-16/h3-4,7-9,11-12,21H,5-6,10H2,1-2H3/t12-/m1/s1. The molecular weight excluding hydrogens is 392 g/mol. The Morgan fingerprint density at radius 3 is 2.97 bits per heavy atom. The Bertz CT molecular complexity index is 1330. The number of hydrogen-bond acceptors (Lipinski definition) is 7.